The number of hydrogen-bond acceptors (Lipinski definition) is 2. The van der Waals surface area contributed by atoms with E-state index in [0.29, 0.717) is 0 Å². The molecule has 0 spiro atoms. The minimum absolute atomic E-state index is 0. The van der Waals surface area contributed by atoms with E-state index in [4.69, 9.17) is 9.47 Å². The number of rotatable bonds is 0. The average Bonchev–Trinajstić information content (AvgIpc) is 2.76. The summed E-state index contributed by atoms with van der Waals surface area (Å²) in [6.45, 7) is 0. The molecule has 0 bridgehead atoms. The van der Waals surface area contributed by atoms with E-state index in [1.54, 1.807) is 0 Å². The Kier molecular flexibility index (Phi) is 6.48. The second-order valence-electron chi connectivity index (χ2n) is 6.80. The molecule has 0 saturated heterocycles. The van der Waals surface area contributed by atoms with Gasteiger partial charge in [-0.05, 0) is 36.1 Å². The van der Waals surface area contributed by atoms with Gasteiger partial charge in [-0.2, -0.15) is 36.4 Å². The zero-order valence-electron chi connectivity index (χ0n) is 16.0. The summed E-state index contributed by atoms with van der Waals surface area (Å²) < 4.78 is 11.5. The number of ether oxygens (including phenoxy) is 2. The van der Waals surface area contributed by atoms with Crippen LogP contribution in [0.2, 0.25) is 0 Å². The number of benzene rings is 4. The minimum atomic E-state index is 0. The van der Waals surface area contributed by atoms with E-state index in [0.717, 1.165) is 47.0 Å². The molecule has 4 aromatic rings. The summed E-state index contributed by atoms with van der Waals surface area (Å²) in [5, 5.41) is 0. The van der Waals surface area contributed by atoms with Gasteiger partial charge in [0.05, 0.1) is 0 Å². The monoisotopic (exact) mass is 500 g/mol. The molecule has 3 heteroatoms. The third-order valence-corrected chi connectivity index (χ3v) is 4.92. The topological polar surface area (TPSA) is 18.5 Å². The molecule has 4 aromatic carbocycles. The van der Waals surface area contributed by atoms with Crippen LogP contribution in [0.3, 0.4) is 0 Å². The zero-order valence-corrected chi connectivity index (χ0v) is 20.5. The van der Waals surface area contributed by atoms with Crippen LogP contribution in [-0.2, 0) is 12.8 Å². The Morgan fingerprint density at radius 2 is 0.931 bits per heavy atom. The standard InChI is InChI=1S/2C13H9O.Ba/c2*1-3-7-12-10(5-1)9-11-6-2-4-8-13(11)14-12;/h2*1-5,7-8H,9H2;/q2*-1;+2. The van der Waals surface area contributed by atoms with E-state index >= 15 is 0 Å². The third-order valence-electron chi connectivity index (χ3n) is 4.92. The largest absolute Gasteiger partial charge is 2.00 e. The first-order valence-electron chi connectivity index (χ1n) is 9.37. The first-order chi connectivity index (χ1) is 13.9. The van der Waals surface area contributed by atoms with Gasteiger partial charge in [-0.1, -0.05) is 36.4 Å². The van der Waals surface area contributed by atoms with Crippen molar-refractivity contribution in [2.24, 2.45) is 0 Å². The number of hydrogen-bond donors (Lipinski definition) is 0. The van der Waals surface area contributed by atoms with Crippen LogP contribution in [0.5, 0.6) is 23.0 Å². The normalized spacial score (nSPS) is 12.1. The Hall–Kier alpha value is -1.95. The summed E-state index contributed by atoms with van der Waals surface area (Å²) in [5.41, 5.74) is 4.77. The Morgan fingerprint density at radius 1 is 0.517 bits per heavy atom. The van der Waals surface area contributed by atoms with Gasteiger partial charge in [0.15, 0.2) is 0 Å². The second-order valence-corrected chi connectivity index (χ2v) is 6.80. The molecule has 0 saturated carbocycles. The maximum Gasteiger partial charge on any atom is 2.00 e. The van der Waals surface area contributed by atoms with Crippen LogP contribution < -0.4 is 9.47 Å². The van der Waals surface area contributed by atoms with Gasteiger partial charge in [-0.3, -0.25) is 0 Å². The Morgan fingerprint density at radius 3 is 1.41 bits per heavy atom. The van der Waals surface area contributed by atoms with E-state index in [1.807, 2.05) is 72.8 Å². The SMILES string of the molecule is [Ba+2].[c-]1cccc2c1Cc1ccccc1O2.[c-]1cccc2c1Cc1ccccc1O2. The van der Waals surface area contributed by atoms with Crippen LogP contribution in [0.4, 0.5) is 0 Å². The molecule has 0 unspecified atom stereocenters. The number of para-hydroxylation sites is 2. The van der Waals surface area contributed by atoms with Crippen molar-refractivity contribution in [3.8, 4) is 23.0 Å². The molecule has 0 amide bonds. The molecule has 0 atom stereocenters. The Balaban J connectivity index is 0.000000137. The van der Waals surface area contributed by atoms with Crippen molar-refractivity contribution >= 4 is 48.9 Å². The fourth-order valence-corrected chi connectivity index (χ4v) is 3.50. The van der Waals surface area contributed by atoms with Crippen molar-refractivity contribution in [1.29, 1.82) is 0 Å². The molecular formula is C26H18BaO2. The minimum Gasteiger partial charge on any atom is -0.516 e. The van der Waals surface area contributed by atoms with Gasteiger partial charge >= 0.3 is 48.9 Å². The molecule has 6 rings (SSSR count). The van der Waals surface area contributed by atoms with Gasteiger partial charge in [0.2, 0.25) is 0 Å². The fourth-order valence-electron chi connectivity index (χ4n) is 3.50. The molecule has 2 heterocycles. The van der Waals surface area contributed by atoms with Crippen molar-refractivity contribution in [3.05, 3.63) is 119 Å². The summed E-state index contributed by atoms with van der Waals surface area (Å²) in [5.74, 6) is 3.82. The molecule has 2 nitrogen and oxygen atoms in total. The molecule has 2 aliphatic rings. The maximum absolute atomic E-state index is 5.75. The molecule has 0 aromatic heterocycles. The van der Waals surface area contributed by atoms with Gasteiger partial charge in [-0.15, -0.1) is 23.3 Å². The van der Waals surface area contributed by atoms with Crippen LogP contribution in [0, 0.1) is 12.1 Å². The van der Waals surface area contributed by atoms with Gasteiger partial charge in [0.25, 0.3) is 0 Å². The summed E-state index contributed by atoms with van der Waals surface area (Å²) >= 11 is 0. The van der Waals surface area contributed by atoms with Crippen molar-refractivity contribution < 1.29 is 9.47 Å². The molecular weight excluding hydrogens is 482 g/mol. The third kappa shape index (κ3) is 4.47. The molecule has 136 valence electrons. The van der Waals surface area contributed by atoms with Crippen LogP contribution in [0.15, 0.2) is 84.9 Å². The molecule has 0 fully saturated rings. The summed E-state index contributed by atoms with van der Waals surface area (Å²) in [4.78, 5) is 0. The van der Waals surface area contributed by atoms with Gasteiger partial charge in [-0.25, -0.2) is 0 Å². The summed E-state index contributed by atoms with van der Waals surface area (Å²) in [6, 6.07) is 34.4. The smallest absolute Gasteiger partial charge is 0.516 e. The first kappa shape index (κ1) is 20.3. The average molecular weight is 500 g/mol. The van der Waals surface area contributed by atoms with Crippen molar-refractivity contribution in [3.63, 3.8) is 0 Å². The quantitative estimate of drug-likeness (QED) is 0.189. The fraction of sp³-hybridized carbons (Fsp3) is 0.0769. The predicted molar refractivity (Wildman–Crippen MR) is 115 cm³/mol. The van der Waals surface area contributed by atoms with Gasteiger partial charge in [0.1, 0.15) is 11.5 Å². The first-order valence-corrected chi connectivity index (χ1v) is 9.37. The van der Waals surface area contributed by atoms with E-state index in [1.165, 1.54) is 11.1 Å². The maximum atomic E-state index is 5.75. The number of fused-ring (bicyclic) bond motifs is 4. The second kappa shape index (κ2) is 9.25. The van der Waals surface area contributed by atoms with Crippen LogP contribution in [0.25, 0.3) is 0 Å². The summed E-state index contributed by atoms with van der Waals surface area (Å²) in [6.07, 6.45) is 1.85. The Bertz CT molecular complexity index is 871. The van der Waals surface area contributed by atoms with Gasteiger partial charge < -0.3 is 9.47 Å². The molecule has 2 aliphatic heterocycles. The van der Waals surface area contributed by atoms with Gasteiger partial charge in [0, 0.05) is 11.5 Å². The Labute approximate surface area is 211 Å². The molecule has 0 N–H and O–H groups in total. The van der Waals surface area contributed by atoms with Crippen molar-refractivity contribution in [2.75, 3.05) is 0 Å². The summed E-state index contributed by atoms with van der Waals surface area (Å²) in [7, 11) is 0. The van der Waals surface area contributed by atoms with Crippen LogP contribution >= 0.6 is 0 Å². The van der Waals surface area contributed by atoms with E-state index in [2.05, 4.69) is 24.3 Å². The predicted octanol–water partition coefficient (Wildman–Crippen LogP) is 5.99. The van der Waals surface area contributed by atoms with E-state index in [9.17, 15) is 0 Å². The van der Waals surface area contributed by atoms with E-state index < -0.39 is 0 Å². The van der Waals surface area contributed by atoms with Crippen molar-refractivity contribution in [2.45, 2.75) is 12.8 Å². The van der Waals surface area contributed by atoms with E-state index in [-0.39, 0.29) is 48.9 Å². The molecule has 0 radical (unpaired) electrons. The van der Waals surface area contributed by atoms with Crippen LogP contribution in [0.1, 0.15) is 22.3 Å². The zero-order chi connectivity index (χ0) is 18.8. The van der Waals surface area contributed by atoms with Crippen molar-refractivity contribution in [1.82, 2.24) is 0 Å². The molecule has 29 heavy (non-hydrogen) atoms. The van der Waals surface area contributed by atoms with Crippen LogP contribution in [-0.4, -0.2) is 48.9 Å². The molecule has 0 aliphatic carbocycles.